The highest BCUT2D eigenvalue weighted by Crippen LogP contribution is 2.53. The molecule has 0 spiro atoms. The molecular formula is C13H24O2. The summed E-state index contributed by atoms with van der Waals surface area (Å²) in [5.74, 6) is 0.00508. The van der Waals surface area contributed by atoms with Gasteiger partial charge in [0.15, 0.2) is 0 Å². The van der Waals surface area contributed by atoms with E-state index in [1.54, 1.807) is 0 Å². The molecule has 0 aromatic carbocycles. The van der Waals surface area contributed by atoms with Crippen LogP contribution in [0.1, 0.15) is 65.2 Å². The van der Waals surface area contributed by atoms with Crippen molar-refractivity contribution in [1.82, 2.24) is 0 Å². The third-order valence-electron chi connectivity index (χ3n) is 3.34. The minimum absolute atomic E-state index is 0.00508. The van der Waals surface area contributed by atoms with Crippen molar-refractivity contribution in [2.75, 3.05) is 6.61 Å². The maximum absolute atomic E-state index is 11.4. The van der Waals surface area contributed by atoms with Crippen LogP contribution in [0.3, 0.4) is 0 Å². The zero-order chi connectivity index (χ0) is 11.1. The van der Waals surface area contributed by atoms with E-state index in [-0.39, 0.29) is 5.97 Å². The standard InChI is InChI=1S/C13H24O2/c1-3-5-6-7-8-13(9-10-13)11-12(14)15-4-2/h3-11H2,1-2H3. The Balaban J connectivity index is 2.13. The fraction of sp³-hybridized carbons (Fsp3) is 0.923. The molecule has 0 aromatic heterocycles. The topological polar surface area (TPSA) is 26.3 Å². The first kappa shape index (κ1) is 12.5. The first-order chi connectivity index (χ1) is 7.22. The van der Waals surface area contributed by atoms with E-state index in [1.807, 2.05) is 6.92 Å². The predicted molar refractivity (Wildman–Crippen MR) is 61.7 cm³/mol. The summed E-state index contributed by atoms with van der Waals surface area (Å²) in [5.41, 5.74) is 0.347. The summed E-state index contributed by atoms with van der Waals surface area (Å²) in [7, 11) is 0. The molecule has 0 saturated heterocycles. The quantitative estimate of drug-likeness (QED) is 0.453. The highest BCUT2D eigenvalue weighted by Gasteiger charge is 2.43. The van der Waals surface area contributed by atoms with Gasteiger partial charge >= 0.3 is 5.97 Å². The number of hydrogen-bond donors (Lipinski definition) is 0. The molecule has 0 atom stereocenters. The summed E-state index contributed by atoms with van der Waals surface area (Å²) in [6.07, 6.45) is 9.57. The molecule has 0 radical (unpaired) electrons. The average Bonchev–Trinajstić information content (AvgIpc) is 2.94. The van der Waals surface area contributed by atoms with Crippen LogP contribution in [0.15, 0.2) is 0 Å². The van der Waals surface area contributed by atoms with E-state index in [1.165, 1.54) is 44.9 Å². The molecule has 1 rings (SSSR count). The predicted octanol–water partition coefficient (Wildman–Crippen LogP) is 3.69. The van der Waals surface area contributed by atoms with Crippen molar-refractivity contribution in [1.29, 1.82) is 0 Å². The molecule has 88 valence electrons. The fourth-order valence-electron chi connectivity index (χ4n) is 2.14. The van der Waals surface area contributed by atoms with Gasteiger partial charge in [0.25, 0.3) is 0 Å². The van der Waals surface area contributed by atoms with E-state index < -0.39 is 0 Å². The van der Waals surface area contributed by atoms with Gasteiger partial charge in [-0.15, -0.1) is 0 Å². The van der Waals surface area contributed by atoms with Gasteiger partial charge in [0, 0.05) is 0 Å². The number of ether oxygens (including phenoxy) is 1. The molecule has 2 heteroatoms. The Morgan fingerprint density at radius 3 is 2.47 bits per heavy atom. The van der Waals surface area contributed by atoms with Crippen LogP contribution in [-0.2, 0) is 9.53 Å². The largest absolute Gasteiger partial charge is 0.466 e. The lowest BCUT2D eigenvalue weighted by molar-refractivity contribution is -0.144. The highest BCUT2D eigenvalue weighted by molar-refractivity contribution is 5.70. The summed E-state index contributed by atoms with van der Waals surface area (Å²) in [5, 5.41) is 0. The SMILES string of the molecule is CCCCCCC1(CC(=O)OCC)CC1. The normalized spacial score (nSPS) is 17.5. The maximum atomic E-state index is 11.4. The van der Waals surface area contributed by atoms with E-state index in [0.29, 0.717) is 18.4 Å². The lowest BCUT2D eigenvalue weighted by atomic mass is 9.94. The Labute approximate surface area is 93.4 Å². The number of unbranched alkanes of at least 4 members (excludes halogenated alkanes) is 3. The van der Waals surface area contributed by atoms with Crippen LogP contribution in [0.5, 0.6) is 0 Å². The van der Waals surface area contributed by atoms with Crippen LogP contribution in [0, 0.1) is 5.41 Å². The molecule has 0 bridgehead atoms. The minimum atomic E-state index is 0.00508. The lowest BCUT2D eigenvalue weighted by Gasteiger charge is -2.13. The average molecular weight is 212 g/mol. The first-order valence-electron chi connectivity index (χ1n) is 6.38. The van der Waals surface area contributed by atoms with E-state index in [9.17, 15) is 4.79 Å². The van der Waals surface area contributed by atoms with Crippen molar-refractivity contribution in [3.8, 4) is 0 Å². The van der Waals surface area contributed by atoms with Crippen molar-refractivity contribution in [3.05, 3.63) is 0 Å². The number of esters is 1. The molecule has 0 aliphatic heterocycles. The van der Waals surface area contributed by atoms with Gasteiger partial charge in [-0.25, -0.2) is 0 Å². The second kappa shape index (κ2) is 6.14. The van der Waals surface area contributed by atoms with Gasteiger partial charge in [-0.2, -0.15) is 0 Å². The van der Waals surface area contributed by atoms with Gasteiger partial charge in [0.2, 0.25) is 0 Å². The zero-order valence-corrected chi connectivity index (χ0v) is 10.2. The molecule has 0 N–H and O–H groups in total. The Kier molecular flexibility index (Phi) is 5.13. The molecule has 0 heterocycles. The summed E-state index contributed by atoms with van der Waals surface area (Å²) >= 11 is 0. The van der Waals surface area contributed by atoms with Gasteiger partial charge in [-0.1, -0.05) is 32.6 Å². The third-order valence-corrected chi connectivity index (χ3v) is 3.34. The van der Waals surface area contributed by atoms with Crippen LogP contribution < -0.4 is 0 Å². The summed E-state index contributed by atoms with van der Waals surface area (Å²) in [4.78, 5) is 11.4. The van der Waals surface area contributed by atoms with Crippen LogP contribution in [0.4, 0.5) is 0 Å². The number of rotatable bonds is 8. The molecule has 15 heavy (non-hydrogen) atoms. The zero-order valence-electron chi connectivity index (χ0n) is 10.2. The van der Waals surface area contributed by atoms with Crippen LogP contribution in [0.25, 0.3) is 0 Å². The summed E-state index contributed by atoms with van der Waals surface area (Å²) in [6, 6.07) is 0. The maximum Gasteiger partial charge on any atom is 0.306 e. The summed E-state index contributed by atoms with van der Waals surface area (Å²) in [6.45, 7) is 4.62. The second-order valence-corrected chi connectivity index (χ2v) is 4.79. The van der Waals surface area contributed by atoms with Crippen molar-refractivity contribution < 1.29 is 9.53 Å². The van der Waals surface area contributed by atoms with E-state index >= 15 is 0 Å². The van der Waals surface area contributed by atoms with Crippen molar-refractivity contribution >= 4 is 5.97 Å². The number of hydrogen-bond acceptors (Lipinski definition) is 2. The van der Waals surface area contributed by atoms with E-state index in [0.717, 1.165) is 0 Å². The Hall–Kier alpha value is -0.530. The van der Waals surface area contributed by atoms with Gasteiger partial charge < -0.3 is 4.74 Å². The summed E-state index contributed by atoms with van der Waals surface area (Å²) < 4.78 is 5.01. The number of carbonyl (C=O) groups is 1. The number of carbonyl (C=O) groups excluding carboxylic acids is 1. The van der Waals surface area contributed by atoms with Crippen molar-refractivity contribution in [3.63, 3.8) is 0 Å². The van der Waals surface area contributed by atoms with Crippen LogP contribution in [0.2, 0.25) is 0 Å². The van der Waals surface area contributed by atoms with E-state index in [4.69, 9.17) is 4.74 Å². The molecule has 2 nitrogen and oxygen atoms in total. The van der Waals surface area contributed by atoms with Crippen LogP contribution >= 0.6 is 0 Å². The fourth-order valence-corrected chi connectivity index (χ4v) is 2.14. The molecule has 1 aliphatic carbocycles. The molecule has 0 unspecified atom stereocenters. The molecular weight excluding hydrogens is 188 g/mol. The molecule has 1 aliphatic rings. The van der Waals surface area contributed by atoms with Gasteiger partial charge in [-0.05, 0) is 31.6 Å². The first-order valence-corrected chi connectivity index (χ1v) is 6.38. The second-order valence-electron chi connectivity index (χ2n) is 4.79. The Morgan fingerprint density at radius 2 is 1.93 bits per heavy atom. The van der Waals surface area contributed by atoms with E-state index in [2.05, 4.69) is 6.92 Å². The lowest BCUT2D eigenvalue weighted by Crippen LogP contribution is -2.12. The van der Waals surface area contributed by atoms with Gasteiger partial charge in [0.1, 0.15) is 0 Å². The van der Waals surface area contributed by atoms with Crippen molar-refractivity contribution in [2.24, 2.45) is 5.41 Å². The monoisotopic (exact) mass is 212 g/mol. The smallest absolute Gasteiger partial charge is 0.306 e. The minimum Gasteiger partial charge on any atom is -0.466 e. The molecule has 1 fully saturated rings. The third kappa shape index (κ3) is 4.67. The highest BCUT2D eigenvalue weighted by atomic mass is 16.5. The van der Waals surface area contributed by atoms with Crippen LogP contribution in [-0.4, -0.2) is 12.6 Å². The Bertz CT molecular complexity index is 195. The molecule has 0 amide bonds. The molecule has 0 aromatic rings. The molecule has 1 saturated carbocycles. The Morgan fingerprint density at radius 1 is 1.20 bits per heavy atom. The van der Waals surface area contributed by atoms with Crippen molar-refractivity contribution in [2.45, 2.75) is 65.2 Å². The van der Waals surface area contributed by atoms with Gasteiger partial charge in [-0.3, -0.25) is 4.79 Å². The van der Waals surface area contributed by atoms with Gasteiger partial charge in [0.05, 0.1) is 13.0 Å².